The van der Waals surface area contributed by atoms with Crippen LogP contribution in [0.25, 0.3) is 28.6 Å². The zero-order chi connectivity index (χ0) is 19.8. The summed E-state index contributed by atoms with van der Waals surface area (Å²) >= 11 is 0. The number of H-pyrrole nitrogens is 2. The number of halogens is 1. The Morgan fingerprint density at radius 3 is 2.43 bits per heavy atom. The molecule has 2 aromatic carbocycles. The van der Waals surface area contributed by atoms with E-state index in [1.807, 2.05) is 6.07 Å². The molecule has 0 saturated carbocycles. The van der Waals surface area contributed by atoms with Crippen molar-refractivity contribution in [3.05, 3.63) is 89.1 Å². The van der Waals surface area contributed by atoms with Gasteiger partial charge in [-0.2, -0.15) is 5.10 Å². The van der Waals surface area contributed by atoms with Gasteiger partial charge in [0, 0.05) is 18.0 Å². The Bertz CT molecular complexity index is 1170. The lowest BCUT2D eigenvalue weighted by atomic mass is 9.99. The van der Waals surface area contributed by atoms with Crippen molar-refractivity contribution in [3.8, 4) is 22.5 Å². The van der Waals surface area contributed by atoms with Crippen LogP contribution in [-0.4, -0.2) is 25.1 Å². The van der Waals surface area contributed by atoms with Crippen molar-refractivity contribution in [3.63, 3.8) is 0 Å². The number of hydrogen-bond donors (Lipinski definition) is 2. The third kappa shape index (κ3) is 3.89. The van der Waals surface area contributed by atoms with E-state index in [1.165, 1.54) is 22.3 Å². The number of rotatable bonds is 4. The van der Waals surface area contributed by atoms with E-state index in [2.05, 4.69) is 88.7 Å². The molecule has 5 nitrogen and oxygen atoms in total. The van der Waals surface area contributed by atoms with Crippen molar-refractivity contribution in [2.75, 3.05) is 0 Å². The Hall–Kier alpha value is -3.31. The molecule has 2 aromatic heterocycles. The summed E-state index contributed by atoms with van der Waals surface area (Å²) in [7, 11) is 0. The van der Waals surface area contributed by atoms with Gasteiger partial charge in [-0.3, -0.25) is 5.10 Å². The first-order valence-corrected chi connectivity index (χ1v) is 9.83. The van der Waals surface area contributed by atoms with Gasteiger partial charge < -0.3 is 9.88 Å². The number of fused-ring (bicyclic) bond motifs is 1. The summed E-state index contributed by atoms with van der Waals surface area (Å²) in [5.74, 6) is 0.912. The summed E-state index contributed by atoms with van der Waals surface area (Å²) in [4.78, 5) is 10.5. The molecule has 0 amide bonds. The second-order valence-corrected chi connectivity index (χ2v) is 7.62. The Morgan fingerprint density at radius 2 is 1.70 bits per heavy atom. The molecule has 0 radical (unpaired) electrons. The largest absolute Gasteiger partial charge is 0.366 e. The maximum Gasteiger partial charge on any atom is 0.138 e. The second-order valence-electron chi connectivity index (χ2n) is 7.62. The molecule has 0 saturated heterocycles. The predicted octanol–water partition coefficient (Wildman–Crippen LogP) is 5.49. The third-order valence-electron chi connectivity index (χ3n) is 5.55. The lowest BCUT2D eigenvalue weighted by Crippen LogP contribution is -2.19. The van der Waals surface area contributed by atoms with E-state index < -0.39 is 0 Å². The highest BCUT2D eigenvalue weighted by Gasteiger charge is 2.16. The SMILES string of the molecule is Cc1ccc(-c2ccc(-c3nc4c([nH]3)C=CN(Cc3ccn[nH]3)C4)cc2)cc1C.Cl. The average Bonchev–Trinajstić information content (AvgIpc) is 3.40. The van der Waals surface area contributed by atoms with Crippen molar-refractivity contribution in [1.82, 2.24) is 25.1 Å². The first-order valence-electron chi connectivity index (χ1n) is 9.83. The highest BCUT2D eigenvalue weighted by atomic mass is 35.5. The topological polar surface area (TPSA) is 60.6 Å². The Labute approximate surface area is 182 Å². The van der Waals surface area contributed by atoms with Crippen LogP contribution in [0.5, 0.6) is 0 Å². The van der Waals surface area contributed by atoms with Crippen LogP contribution in [0.4, 0.5) is 0 Å². The molecule has 2 N–H and O–H groups in total. The van der Waals surface area contributed by atoms with Gasteiger partial charge >= 0.3 is 0 Å². The number of aryl methyl sites for hydroxylation is 2. The predicted molar refractivity (Wildman–Crippen MR) is 123 cm³/mol. The van der Waals surface area contributed by atoms with Crippen LogP contribution in [0, 0.1) is 13.8 Å². The van der Waals surface area contributed by atoms with Crippen molar-refractivity contribution < 1.29 is 0 Å². The number of imidazole rings is 1. The maximum absolute atomic E-state index is 4.85. The van der Waals surface area contributed by atoms with Gasteiger partial charge in [-0.1, -0.05) is 42.5 Å². The molecule has 0 fully saturated rings. The summed E-state index contributed by atoms with van der Waals surface area (Å²) in [6, 6.07) is 17.2. The van der Waals surface area contributed by atoms with Crippen LogP contribution in [0.1, 0.15) is 28.2 Å². The standard InChI is InChI=1S/C24H23N5.ClH/c1-16-3-4-20(13-17(16)2)18-5-7-19(8-6-18)24-26-22-10-12-29(15-23(22)27-24)14-21-9-11-25-28-21;/h3-13H,14-15H2,1-2H3,(H,25,28)(H,26,27);1H. The summed E-state index contributed by atoms with van der Waals surface area (Å²) < 4.78 is 0. The fourth-order valence-electron chi connectivity index (χ4n) is 3.68. The lowest BCUT2D eigenvalue weighted by Gasteiger charge is -2.21. The quantitative estimate of drug-likeness (QED) is 0.461. The van der Waals surface area contributed by atoms with Gasteiger partial charge in [-0.15, -0.1) is 12.4 Å². The fourth-order valence-corrected chi connectivity index (χ4v) is 3.68. The zero-order valence-corrected chi connectivity index (χ0v) is 17.8. The second kappa shape index (κ2) is 8.20. The first kappa shape index (κ1) is 20.0. The van der Waals surface area contributed by atoms with E-state index in [1.54, 1.807) is 6.20 Å². The van der Waals surface area contributed by atoms with Crippen molar-refractivity contribution in [2.45, 2.75) is 26.9 Å². The van der Waals surface area contributed by atoms with Gasteiger partial charge in [0.15, 0.2) is 0 Å². The van der Waals surface area contributed by atoms with Gasteiger partial charge in [0.05, 0.1) is 30.2 Å². The van der Waals surface area contributed by atoms with E-state index >= 15 is 0 Å². The smallest absolute Gasteiger partial charge is 0.138 e. The van der Waals surface area contributed by atoms with E-state index in [4.69, 9.17) is 4.98 Å². The van der Waals surface area contributed by atoms with Gasteiger partial charge in [0.2, 0.25) is 0 Å². The molecule has 0 bridgehead atoms. The first-order chi connectivity index (χ1) is 14.2. The van der Waals surface area contributed by atoms with E-state index in [-0.39, 0.29) is 12.4 Å². The molecule has 4 aromatic rings. The molecule has 5 rings (SSSR count). The summed E-state index contributed by atoms with van der Waals surface area (Å²) in [5, 5.41) is 7.03. The summed E-state index contributed by atoms with van der Waals surface area (Å²) in [6.45, 7) is 5.88. The van der Waals surface area contributed by atoms with Crippen LogP contribution in [0.15, 0.2) is 60.9 Å². The maximum atomic E-state index is 4.85. The normalized spacial score (nSPS) is 12.5. The summed E-state index contributed by atoms with van der Waals surface area (Å²) in [5.41, 5.74) is 9.45. The van der Waals surface area contributed by atoms with E-state index in [9.17, 15) is 0 Å². The molecule has 3 heterocycles. The molecular formula is C24H24ClN5. The fraction of sp³-hybridized carbons (Fsp3) is 0.167. The van der Waals surface area contributed by atoms with E-state index in [0.717, 1.165) is 41.6 Å². The minimum atomic E-state index is 0. The van der Waals surface area contributed by atoms with Crippen LogP contribution < -0.4 is 0 Å². The Morgan fingerprint density at radius 1 is 0.933 bits per heavy atom. The van der Waals surface area contributed by atoms with Crippen LogP contribution in [0.2, 0.25) is 0 Å². The van der Waals surface area contributed by atoms with Crippen molar-refractivity contribution >= 4 is 18.5 Å². The van der Waals surface area contributed by atoms with Crippen molar-refractivity contribution in [2.24, 2.45) is 0 Å². The summed E-state index contributed by atoms with van der Waals surface area (Å²) in [6.07, 6.45) is 5.98. The molecule has 0 spiro atoms. The number of hydrogen-bond acceptors (Lipinski definition) is 3. The van der Waals surface area contributed by atoms with E-state index in [0.29, 0.717) is 0 Å². The number of aromatic amines is 2. The van der Waals surface area contributed by atoms with Crippen LogP contribution in [0.3, 0.4) is 0 Å². The monoisotopic (exact) mass is 417 g/mol. The van der Waals surface area contributed by atoms with Crippen molar-refractivity contribution in [1.29, 1.82) is 0 Å². The number of benzene rings is 2. The van der Waals surface area contributed by atoms with Gasteiger partial charge in [-0.05, 0) is 48.2 Å². The highest BCUT2D eigenvalue weighted by molar-refractivity contribution is 5.85. The molecule has 1 aliphatic rings. The Kier molecular flexibility index (Phi) is 5.46. The van der Waals surface area contributed by atoms with Crippen LogP contribution >= 0.6 is 12.4 Å². The molecule has 6 heteroatoms. The van der Waals surface area contributed by atoms with Gasteiger partial charge in [-0.25, -0.2) is 4.98 Å². The molecule has 152 valence electrons. The molecule has 0 unspecified atom stereocenters. The third-order valence-corrected chi connectivity index (χ3v) is 5.55. The molecule has 30 heavy (non-hydrogen) atoms. The number of nitrogens with one attached hydrogen (secondary N) is 2. The minimum Gasteiger partial charge on any atom is -0.366 e. The Balaban J connectivity index is 0.00000218. The molecule has 0 atom stereocenters. The van der Waals surface area contributed by atoms with Gasteiger partial charge in [0.1, 0.15) is 5.82 Å². The highest BCUT2D eigenvalue weighted by Crippen LogP contribution is 2.27. The molecule has 0 aliphatic carbocycles. The molecule has 1 aliphatic heterocycles. The number of aromatic nitrogens is 4. The van der Waals surface area contributed by atoms with Gasteiger partial charge in [0.25, 0.3) is 0 Å². The lowest BCUT2D eigenvalue weighted by molar-refractivity contribution is 0.351. The van der Waals surface area contributed by atoms with Crippen LogP contribution in [-0.2, 0) is 13.1 Å². The number of nitrogens with zero attached hydrogens (tertiary/aromatic N) is 3. The molecular weight excluding hydrogens is 394 g/mol. The minimum absolute atomic E-state index is 0. The zero-order valence-electron chi connectivity index (χ0n) is 17.0. The average molecular weight is 418 g/mol.